The molecule has 0 aliphatic carbocycles. The van der Waals surface area contributed by atoms with Crippen molar-refractivity contribution in [2.75, 3.05) is 18.5 Å². The number of carbonyl (C=O) groups excluding carboxylic acids is 1. The predicted molar refractivity (Wildman–Crippen MR) is 89.8 cm³/mol. The van der Waals surface area contributed by atoms with E-state index in [9.17, 15) is 13.2 Å². The van der Waals surface area contributed by atoms with Crippen molar-refractivity contribution in [3.05, 3.63) is 41.8 Å². The van der Waals surface area contributed by atoms with E-state index in [1.165, 1.54) is 30.3 Å². The number of aryl methyl sites for hydroxylation is 1. The number of carbonyl (C=O) groups is 1. The van der Waals surface area contributed by atoms with Gasteiger partial charge in [-0.25, -0.2) is 13.1 Å². The number of benzene rings is 1. The highest BCUT2D eigenvalue weighted by Crippen LogP contribution is 2.16. The van der Waals surface area contributed by atoms with Crippen molar-refractivity contribution in [1.82, 2.24) is 9.88 Å². The lowest BCUT2D eigenvalue weighted by Crippen LogP contribution is -2.31. The van der Waals surface area contributed by atoms with Crippen LogP contribution in [0.3, 0.4) is 0 Å². The topological polar surface area (TPSA) is 111 Å². The van der Waals surface area contributed by atoms with Crippen LogP contribution in [0.2, 0.25) is 0 Å². The molecule has 1 aromatic heterocycles. The van der Waals surface area contributed by atoms with E-state index in [0.29, 0.717) is 18.0 Å². The molecule has 1 saturated heterocycles. The van der Waals surface area contributed by atoms with E-state index in [-0.39, 0.29) is 23.3 Å². The number of sulfonamides is 1. The number of ether oxygens (including phenoxy) is 1. The lowest BCUT2D eigenvalue weighted by molar-refractivity contribution is 0.0988. The average Bonchev–Trinajstić information content (AvgIpc) is 3.25. The Bertz CT molecular complexity index is 839. The summed E-state index contributed by atoms with van der Waals surface area (Å²) in [4.78, 5) is 12.1. The predicted octanol–water partition coefficient (Wildman–Crippen LogP) is 1.69. The van der Waals surface area contributed by atoms with Crippen LogP contribution in [-0.4, -0.2) is 38.7 Å². The van der Waals surface area contributed by atoms with E-state index in [2.05, 4.69) is 15.2 Å². The van der Waals surface area contributed by atoms with Crippen LogP contribution in [0, 0.1) is 6.92 Å². The summed E-state index contributed by atoms with van der Waals surface area (Å²) in [5.74, 6) is -0.361. The highest BCUT2D eigenvalue weighted by molar-refractivity contribution is 7.89. The summed E-state index contributed by atoms with van der Waals surface area (Å²) in [6, 6.07) is 7.41. The fourth-order valence-electron chi connectivity index (χ4n) is 2.47. The van der Waals surface area contributed by atoms with Gasteiger partial charge in [-0.05, 0) is 44.0 Å². The fraction of sp³-hybridized carbons (Fsp3) is 0.375. The Morgan fingerprint density at radius 3 is 2.68 bits per heavy atom. The van der Waals surface area contributed by atoms with Crippen molar-refractivity contribution in [1.29, 1.82) is 0 Å². The van der Waals surface area contributed by atoms with Crippen LogP contribution in [-0.2, 0) is 14.8 Å². The SMILES string of the molecule is Cc1cc(C(=O)Nc2ccc(S(=O)(=O)NCC3CCCO3)cc2)on1. The average molecular weight is 365 g/mol. The van der Waals surface area contributed by atoms with Gasteiger partial charge in [0.25, 0.3) is 5.91 Å². The van der Waals surface area contributed by atoms with Gasteiger partial charge in [-0.15, -0.1) is 0 Å². The van der Waals surface area contributed by atoms with Gasteiger partial charge in [0.05, 0.1) is 16.7 Å². The van der Waals surface area contributed by atoms with Gasteiger partial charge in [-0.2, -0.15) is 0 Å². The molecular formula is C16H19N3O5S. The third kappa shape index (κ3) is 4.44. The standard InChI is InChI=1S/C16H19N3O5S/c1-11-9-15(24-19-11)16(20)18-12-4-6-14(7-5-12)25(21,22)17-10-13-3-2-8-23-13/h4-7,9,13,17H,2-3,8,10H2,1H3,(H,18,20). The van der Waals surface area contributed by atoms with E-state index in [1.54, 1.807) is 6.92 Å². The summed E-state index contributed by atoms with van der Waals surface area (Å²) in [7, 11) is -3.61. The van der Waals surface area contributed by atoms with Crippen LogP contribution in [0.1, 0.15) is 29.1 Å². The normalized spacial score (nSPS) is 17.6. The zero-order valence-electron chi connectivity index (χ0n) is 13.7. The van der Waals surface area contributed by atoms with E-state index in [0.717, 1.165) is 12.8 Å². The van der Waals surface area contributed by atoms with Gasteiger partial charge in [0.15, 0.2) is 0 Å². The van der Waals surface area contributed by atoms with Crippen LogP contribution in [0.4, 0.5) is 5.69 Å². The number of hydrogen-bond donors (Lipinski definition) is 2. The van der Waals surface area contributed by atoms with Crippen LogP contribution in [0.15, 0.2) is 39.8 Å². The molecule has 1 aromatic carbocycles. The Balaban J connectivity index is 1.61. The highest BCUT2D eigenvalue weighted by atomic mass is 32.2. The summed E-state index contributed by atoms with van der Waals surface area (Å²) < 4.78 is 37.4. The molecule has 9 heteroatoms. The van der Waals surface area contributed by atoms with Gasteiger partial charge in [0, 0.05) is 24.9 Å². The molecule has 1 amide bonds. The summed E-state index contributed by atoms with van der Waals surface area (Å²) >= 11 is 0. The molecule has 1 fully saturated rings. The highest BCUT2D eigenvalue weighted by Gasteiger charge is 2.20. The Kier molecular flexibility index (Phi) is 5.16. The molecule has 1 aliphatic heterocycles. The lowest BCUT2D eigenvalue weighted by Gasteiger charge is -2.11. The maximum Gasteiger partial charge on any atom is 0.294 e. The molecule has 2 aromatic rings. The van der Waals surface area contributed by atoms with Crippen molar-refractivity contribution in [3.8, 4) is 0 Å². The summed E-state index contributed by atoms with van der Waals surface area (Å²) in [5, 5.41) is 6.26. The Morgan fingerprint density at radius 1 is 1.32 bits per heavy atom. The van der Waals surface area contributed by atoms with Crippen LogP contribution < -0.4 is 10.0 Å². The van der Waals surface area contributed by atoms with Crippen molar-refractivity contribution in [2.24, 2.45) is 0 Å². The Hall–Kier alpha value is -2.23. The zero-order valence-corrected chi connectivity index (χ0v) is 14.5. The first-order chi connectivity index (χ1) is 11.9. The first-order valence-corrected chi connectivity index (χ1v) is 9.38. The van der Waals surface area contributed by atoms with Gasteiger partial charge >= 0.3 is 0 Å². The maximum absolute atomic E-state index is 12.3. The van der Waals surface area contributed by atoms with Crippen molar-refractivity contribution in [2.45, 2.75) is 30.8 Å². The number of aromatic nitrogens is 1. The summed E-state index contributed by atoms with van der Waals surface area (Å²) in [6.45, 7) is 2.64. The molecule has 3 rings (SSSR count). The van der Waals surface area contributed by atoms with Crippen molar-refractivity contribution >= 4 is 21.6 Å². The van der Waals surface area contributed by atoms with Gasteiger partial charge in [-0.3, -0.25) is 4.79 Å². The third-order valence-corrected chi connectivity index (χ3v) is 5.24. The number of hydrogen-bond acceptors (Lipinski definition) is 6. The Morgan fingerprint density at radius 2 is 2.08 bits per heavy atom. The molecule has 2 heterocycles. The molecular weight excluding hydrogens is 346 g/mol. The smallest absolute Gasteiger partial charge is 0.294 e. The molecule has 0 bridgehead atoms. The summed E-state index contributed by atoms with van der Waals surface area (Å²) in [5.41, 5.74) is 1.06. The molecule has 0 saturated carbocycles. The first kappa shape index (κ1) is 17.6. The van der Waals surface area contributed by atoms with Crippen LogP contribution in [0.5, 0.6) is 0 Å². The molecule has 25 heavy (non-hydrogen) atoms. The molecule has 0 spiro atoms. The summed E-state index contributed by atoms with van der Waals surface area (Å²) in [6.07, 6.45) is 1.74. The van der Waals surface area contributed by atoms with E-state index in [1.807, 2.05) is 0 Å². The van der Waals surface area contributed by atoms with Gasteiger partial charge < -0.3 is 14.6 Å². The molecule has 1 atom stereocenters. The first-order valence-electron chi connectivity index (χ1n) is 7.90. The molecule has 2 N–H and O–H groups in total. The van der Waals surface area contributed by atoms with Crippen molar-refractivity contribution in [3.63, 3.8) is 0 Å². The van der Waals surface area contributed by atoms with E-state index < -0.39 is 15.9 Å². The number of rotatable bonds is 6. The molecule has 1 aliphatic rings. The minimum atomic E-state index is -3.61. The second-order valence-electron chi connectivity index (χ2n) is 5.80. The quantitative estimate of drug-likeness (QED) is 0.806. The third-order valence-electron chi connectivity index (χ3n) is 3.80. The molecule has 0 radical (unpaired) electrons. The zero-order chi connectivity index (χ0) is 17.9. The second-order valence-corrected chi connectivity index (χ2v) is 7.56. The number of nitrogens with zero attached hydrogens (tertiary/aromatic N) is 1. The lowest BCUT2D eigenvalue weighted by atomic mass is 10.2. The number of anilines is 1. The van der Waals surface area contributed by atoms with Crippen molar-refractivity contribution < 1.29 is 22.5 Å². The van der Waals surface area contributed by atoms with Gasteiger partial charge in [0.2, 0.25) is 15.8 Å². The number of amides is 1. The van der Waals surface area contributed by atoms with Gasteiger partial charge in [0.1, 0.15) is 0 Å². The van der Waals surface area contributed by atoms with E-state index in [4.69, 9.17) is 9.26 Å². The second kappa shape index (κ2) is 7.34. The number of nitrogens with one attached hydrogen (secondary N) is 2. The van der Waals surface area contributed by atoms with Crippen LogP contribution >= 0.6 is 0 Å². The monoisotopic (exact) mass is 365 g/mol. The van der Waals surface area contributed by atoms with Crippen LogP contribution in [0.25, 0.3) is 0 Å². The minimum absolute atomic E-state index is 0.0706. The fourth-order valence-corrected chi connectivity index (χ4v) is 3.54. The minimum Gasteiger partial charge on any atom is -0.377 e. The maximum atomic E-state index is 12.3. The Labute approximate surface area is 145 Å². The van der Waals surface area contributed by atoms with E-state index >= 15 is 0 Å². The molecule has 134 valence electrons. The largest absolute Gasteiger partial charge is 0.377 e. The molecule has 8 nitrogen and oxygen atoms in total. The molecule has 1 unspecified atom stereocenters. The van der Waals surface area contributed by atoms with Gasteiger partial charge in [-0.1, -0.05) is 5.16 Å².